The van der Waals surface area contributed by atoms with Crippen LogP contribution in [0.25, 0.3) is 0 Å². The average molecular weight is 265 g/mol. The van der Waals surface area contributed by atoms with Crippen LogP contribution in [0.5, 0.6) is 0 Å². The summed E-state index contributed by atoms with van der Waals surface area (Å²) in [4.78, 5) is 35.7. The zero-order chi connectivity index (χ0) is 13.8. The molecule has 0 radical (unpaired) electrons. The fourth-order valence-corrected chi connectivity index (χ4v) is 2.25. The molecule has 1 aliphatic heterocycles. The minimum Gasteiger partial charge on any atom is -0.480 e. The van der Waals surface area contributed by atoms with Crippen molar-refractivity contribution in [3.8, 4) is 0 Å². The van der Waals surface area contributed by atoms with Crippen molar-refractivity contribution in [1.82, 2.24) is 4.90 Å². The molecule has 2 rings (SSSR count). The highest BCUT2D eigenvalue weighted by molar-refractivity contribution is 5.96. The summed E-state index contributed by atoms with van der Waals surface area (Å²) >= 11 is 0. The summed E-state index contributed by atoms with van der Waals surface area (Å²) < 4.78 is 4.65. The number of carboxylic acid groups (broad SMARTS) is 1. The molecular weight excluding hydrogens is 250 g/mol. The van der Waals surface area contributed by atoms with Crippen LogP contribution >= 0.6 is 0 Å². The maximum Gasteiger partial charge on any atom is 0.335 e. The average Bonchev–Trinajstić information content (AvgIpc) is 2.64. The van der Waals surface area contributed by atoms with Gasteiger partial charge in [0.1, 0.15) is 12.3 Å². The molecule has 19 heavy (non-hydrogen) atoms. The number of likely N-dealkylation sites (tertiary alicyclic amines) is 1. The fourth-order valence-electron chi connectivity index (χ4n) is 2.25. The van der Waals surface area contributed by atoms with E-state index < -0.39 is 23.5 Å². The van der Waals surface area contributed by atoms with E-state index >= 15 is 0 Å². The Morgan fingerprint density at radius 3 is 2.68 bits per heavy atom. The molecule has 6 heteroatoms. The Kier molecular flexibility index (Phi) is 3.99. The monoisotopic (exact) mass is 265 g/mol. The van der Waals surface area contributed by atoms with Crippen LogP contribution in [0.2, 0.25) is 0 Å². The molecule has 1 N–H and O–H groups in total. The second kappa shape index (κ2) is 5.69. The van der Waals surface area contributed by atoms with Crippen LogP contribution < -0.4 is 5.63 Å². The highest BCUT2D eigenvalue weighted by Gasteiger charge is 2.31. The van der Waals surface area contributed by atoms with Crippen molar-refractivity contribution in [1.29, 1.82) is 0 Å². The van der Waals surface area contributed by atoms with E-state index in [2.05, 4.69) is 4.42 Å². The van der Waals surface area contributed by atoms with Gasteiger partial charge in [-0.05, 0) is 18.9 Å². The first kappa shape index (κ1) is 13.3. The van der Waals surface area contributed by atoms with Crippen molar-refractivity contribution in [2.75, 3.05) is 6.54 Å². The van der Waals surface area contributed by atoms with Gasteiger partial charge in [-0.3, -0.25) is 4.79 Å². The predicted octanol–water partition coefficient (Wildman–Crippen LogP) is 1.11. The lowest BCUT2D eigenvalue weighted by molar-refractivity contribution is -0.142. The molecule has 1 aromatic rings. The van der Waals surface area contributed by atoms with Gasteiger partial charge in [-0.2, -0.15) is 0 Å². The number of rotatable bonds is 2. The zero-order valence-electron chi connectivity index (χ0n) is 10.4. The van der Waals surface area contributed by atoms with E-state index in [0.717, 1.165) is 31.6 Å². The molecule has 1 aromatic heterocycles. The molecule has 1 atom stereocenters. The summed E-state index contributed by atoms with van der Waals surface area (Å²) in [7, 11) is 0. The number of hydrogen-bond donors (Lipinski definition) is 1. The van der Waals surface area contributed by atoms with E-state index in [-0.39, 0.29) is 5.56 Å². The molecule has 0 aromatic carbocycles. The summed E-state index contributed by atoms with van der Waals surface area (Å²) in [6.07, 6.45) is 4.03. The molecule has 6 nitrogen and oxygen atoms in total. The van der Waals surface area contributed by atoms with Crippen molar-refractivity contribution < 1.29 is 19.1 Å². The number of aliphatic carboxylic acids is 1. The summed E-state index contributed by atoms with van der Waals surface area (Å²) in [5, 5.41) is 9.21. The lowest BCUT2D eigenvalue weighted by Gasteiger charge is -2.26. The van der Waals surface area contributed by atoms with E-state index in [0.29, 0.717) is 13.0 Å². The van der Waals surface area contributed by atoms with Gasteiger partial charge in [-0.1, -0.05) is 12.8 Å². The van der Waals surface area contributed by atoms with Crippen LogP contribution in [-0.4, -0.2) is 34.5 Å². The molecule has 1 unspecified atom stereocenters. The maximum atomic E-state index is 12.3. The fraction of sp³-hybridized carbons (Fsp3) is 0.462. The molecule has 0 bridgehead atoms. The van der Waals surface area contributed by atoms with Gasteiger partial charge in [-0.15, -0.1) is 0 Å². The zero-order valence-corrected chi connectivity index (χ0v) is 10.4. The lowest BCUT2D eigenvalue weighted by Crippen LogP contribution is -2.44. The second-order valence-corrected chi connectivity index (χ2v) is 4.55. The van der Waals surface area contributed by atoms with Gasteiger partial charge < -0.3 is 14.4 Å². The summed E-state index contributed by atoms with van der Waals surface area (Å²) in [5.74, 6) is -1.40. The van der Waals surface area contributed by atoms with Gasteiger partial charge in [-0.25, -0.2) is 9.59 Å². The third-order valence-corrected chi connectivity index (χ3v) is 3.25. The molecule has 1 amide bonds. The van der Waals surface area contributed by atoms with E-state index in [4.69, 9.17) is 0 Å². The van der Waals surface area contributed by atoms with Gasteiger partial charge >= 0.3 is 11.6 Å². The van der Waals surface area contributed by atoms with Crippen LogP contribution in [0.3, 0.4) is 0 Å². The van der Waals surface area contributed by atoms with Crippen LogP contribution in [0.1, 0.15) is 36.0 Å². The topological polar surface area (TPSA) is 87.8 Å². The van der Waals surface area contributed by atoms with Crippen molar-refractivity contribution >= 4 is 11.9 Å². The Hall–Kier alpha value is -2.11. The summed E-state index contributed by atoms with van der Waals surface area (Å²) in [6.45, 7) is 0.412. The summed E-state index contributed by atoms with van der Waals surface area (Å²) in [5.41, 5.74) is -0.338. The highest BCUT2D eigenvalue weighted by atomic mass is 16.4. The normalized spacial score (nSPS) is 19.8. The van der Waals surface area contributed by atoms with Crippen molar-refractivity contribution in [2.45, 2.75) is 31.7 Å². The molecule has 102 valence electrons. The molecule has 1 fully saturated rings. The van der Waals surface area contributed by atoms with Crippen LogP contribution in [0.15, 0.2) is 27.6 Å². The SMILES string of the molecule is O=C(O)C1CCCCCN1C(=O)c1ccc(=O)oc1. The molecule has 2 heterocycles. The Morgan fingerprint density at radius 2 is 2.05 bits per heavy atom. The molecule has 0 aliphatic carbocycles. The molecule has 1 aliphatic rings. The Balaban J connectivity index is 2.25. The second-order valence-electron chi connectivity index (χ2n) is 4.55. The van der Waals surface area contributed by atoms with Crippen molar-refractivity contribution in [2.24, 2.45) is 0 Å². The smallest absolute Gasteiger partial charge is 0.335 e. The number of amides is 1. The van der Waals surface area contributed by atoms with Gasteiger partial charge in [0.2, 0.25) is 0 Å². The van der Waals surface area contributed by atoms with Crippen molar-refractivity contribution in [3.05, 3.63) is 34.4 Å². The Labute approximate surface area is 109 Å². The van der Waals surface area contributed by atoms with Gasteiger partial charge in [0.25, 0.3) is 5.91 Å². The van der Waals surface area contributed by atoms with E-state index in [1.807, 2.05) is 0 Å². The molecule has 1 saturated heterocycles. The minimum atomic E-state index is -0.993. The van der Waals surface area contributed by atoms with Gasteiger partial charge in [0.15, 0.2) is 0 Å². The molecule has 0 saturated carbocycles. The standard InChI is InChI=1S/C13H15NO5/c15-11-6-5-9(8-19-11)12(16)14-7-3-1-2-4-10(14)13(17)18/h5-6,8,10H,1-4,7H2,(H,17,18). The van der Waals surface area contributed by atoms with Crippen LogP contribution in [0.4, 0.5) is 0 Å². The van der Waals surface area contributed by atoms with Gasteiger partial charge in [0.05, 0.1) is 5.56 Å². The van der Waals surface area contributed by atoms with Gasteiger partial charge in [0, 0.05) is 12.6 Å². The van der Waals surface area contributed by atoms with Crippen LogP contribution in [-0.2, 0) is 4.79 Å². The first-order valence-corrected chi connectivity index (χ1v) is 6.22. The first-order valence-electron chi connectivity index (χ1n) is 6.22. The Morgan fingerprint density at radius 1 is 1.26 bits per heavy atom. The Bertz CT molecular complexity index is 516. The van der Waals surface area contributed by atoms with E-state index in [9.17, 15) is 19.5 Å². The highest BCUT2D eigenvalue weighted by Crippen LogP contribution is 2.19. The van der Waals surface area contributed by atoms with Crippen LogP contribution in [0, 0.1) is 0 Å². The minimum absolute atomic E-state index is 0.202. The number of carbonyl (C=O) groups is 2. The number of nitrogens with zero attached hydrogens (tertiary/aromatic N) is 1. The molecule has 0 spiro atoms. The predicted molar refractivity (Wildman–Crippen MR) is 65.9 cm³/mol. The third-order valence-electron chi connectivity index (χ3n) is 3.25. The maximum absolute atomic E-state index is 12.3. The number of carboxylic acids is 1. The quantitative estimate of drug-likeness (QED) is 0.865. The number of hydrogen-bond acceptors (Lipinski definition) is 4. The van der Waals surface area contributed by atoms with Crippen molar-refractivity contribution in [3.63, 3.8) is 0 Å². The van der Waals surface area contributed by atoms with E-state index in [1.165, 1.54) is 11.0 Å². The summed E-state index contributed by atoms with van der Waals surface area (Å²) in [6, 6.07) is 1.71. The first-order chi connectivity index (χ1) is 9.09. The number of carbonyl (C=O) groups excluding carboxylic acids is 1. The van der Waals surface area contributed by atoms with E-state index in [1.54, 1.807) is 0 Å². The third kappa shape index (κ3) is 3.01. The lowest BCUT2D eigenvalue weighted by atomic mass is 10.1. The largest absolute Gasteiger partial charge is 0.480 e. The molecular formula is C13H15NO5.